The van der Waals surface area contributed by atoms with Gasteiger partial charge in [-0.1, -0.05) is 30.3 Å². The molecule has 4 saturated heterocycles. The number of piperazine rings is 1. The van der Waals surface area contributed by atoms with Crippen molar-refractivity contribution in [2.24, 2.45) is 5.92 Å². The van der Waals surface area contributed by atoms with Crippen molar-refractivity contribution in [2.45, 2.75) is 69.6 Å². The molecule has 6 rings (SSSR count). The molecule has 11 nitrogen and oxygen atoms in total. The minimum atomic E-state index is -4.59. The van der Waals surface area contributed by atoms with Crippen LogP contribution in [-0.4, -0.2) is 120 Å². The van der Waals surface area contributed by atoms with E-state index in [1.54, 1.807) is 0 Å². The van der Waals surface area contributed by atoms with Gasteiger partial charge in [-0.3, -0.25) is 9.88 Å². The van der Waals surface area contributed by atoms with Crippen LogP contribution in [0.4, 0.5) is 23.8 Å². The van der Waals surface area contributed by atoms with Crippen molar-refractivity contribution in [3.63, 3.8) is 0 Å². The quantitative estimate of drug-likeness (QED) is 0.454. The van der Waals surface area contributed by atoms with Gasteiger partial charge in [0, 0.05) is 52.4 Å². The predicted octanol–water partition coefficient (Wildman–Crippen LogP) is 3.86. The lowest BCUT2D eigenvalue weighted by Gasteiger charge is -2.42. The van der Waals surface area contributed by atoms with E-state index < -0.39 is 29.8 Å². The molecular weight excluding hydrogens is 605 g/mol. The van der Waals surface area contributed by atoms with E-state index in [2.05, 4.69) is 25.1 Å². The van der Waals surface area contributed by atoms with Crippen LogP contribution in [0.5, 0.6) is 0 Å². The molecule has 4 aliphatic rings. The van der Waals surface area contributed by atoms with Gasteiger partial charge in [0.05, 0.1) is 31.1 Å². The minimum absolute atomic E-state index is 0.0127. The molecule has 2 aromatic rings. The topological polar surface area (TPSA) is 102 Å². The summed E-state index contributed by atoms with van der Waals surface area (Å²) in [6.45, 7) is 11.0. The zero-order chi connectivity index (χ0) is 32.3. The van der Waals surface area contributed by atoms with Gasteiger partial charge in [-0.05, 0) is 38.2 Å². The van der Waals surface area contributed by atoms with Crippen molar-refractivity contribution in [1.82, 2.24) is 24.7 Å². The number of likely N-dealkylation sites (tertiary alicyclic amines) is 1. The molecule has 252 valence electrons. The molecule has 1 aromatic carbocycles. The molecule has 1 amide bonds. The monoisotopic (exact) mass is 648 g/mol. The largest absolute Gasteiger partial charge is 0.445 e. The number of hydrogen-bond acceptors (Lipinski definition) is 10. The Balaban J connectivity index is 0.939. The number of carbonyl (C=O) groups excluding carboxylic acids is 1. The lowest BCUT2D eigenvalue weighted by atomic mass is 9.96. The smallest absolute Gasteiger partial charge is 0.434 e. The van der Waals surface area contributed by atoms with Gasteiger partial charge in [-0.25, -0.2) is 9.78 Å². The lowest BCUT2D eigenvalue weighted by Crippen LogP contribution is -2.58. The fraction of sp³-hybridized carbons (Fsp3) is 0.656. The molecule has 0 saturated carbocycles. The van der Waals surface area contributed by atoms with Gasteiger partial charge >= 0.3 is 12.3 Å². The van der Waals surface area contributed by atoms with E-state index >= 15 is 0 Å². The number of benzene rings is 1. The number of anilines is 1. The van der Waals surface area contributed by atoms with Crippen molar-refractivity contribution in [3.8, 4) is 0 Å². The first-order valence-electron chi connectivity index (χ1n) is 16.1. The van der Waals surface area contributed by atoms with E-state index in [0.717, 1.165) is 51.1 Å². The number of hydrogen-bond donors (Lipinski definition) is 1. The van der Waals surface area contributed by atoms with Gasteiger partial charge < -0.3 is 34.1 Å². The number of piperidine rings is 1. The first-order chi connectivity index (χ1) is 22.0. The average molecular weight is 649 g/mol. The Morgan fingerprint density at radius 1 is 0.978 bits per heavy atom. The van der Waals surface area contributed by atoms with E-state index in [9.17, 15) is 18.0 Å². The maximum atomic E-state index is 13.2. The third-order valence-corrected chi connectivity index (χ3v) is 9.17. The highest BCUT2D eigenvalue weighted by Crippen LogP contribution is 2.37. The molecule has 1 N–H and O–H groups in total. The van der Waals surface area contributed by atoms with Crippen LogP contribution in [0.1, 0.15) is 37.9 Å². The normalized spacial score (nSPS) is 27.7. The SMILES string of the molecule is CC1(C)O[C@@H]2[C@H](O1)[C@@H](Nc1cncc(C(F)(F)F)n1)CO[C@@H]2CN1CCN(CC2CCN(C(=O)OCc3ccccc3)CC2)CC1. The Morgan fingerprint density at radius 3 is 2.35 bits per heavy atom. The highest BCUT2D eigenvalue weighted by Gasteiger charge is 2.52. The van der Waals surface area contributed by atoms with Crippen molar-refractivity contribution >= 4 is 11.9 Å². The van der Waals surface area contributed by atoms with Crippen LogP contribution in [0.2, 0.25) is 0 Å². The fourth-order valence-electron chi connectivity index (χ4n) is 6.76. The summed E-state index contributed by atoms with van der Waals surface area (Å²) in [4.78, 5) is 26.6. The molecule has 0 spiro atoms. The summed E-state index contributed by atoms with van der Waals surface area (Å²) in [5.74, 6) is -0.295. The minimum Gasteiger partial charge on any atom is -0.445 e. The van der Waals surface area contributed by atoms with Crippen LogP contribution in [0.3, 0.4) is 0 Å². The molecule has 4 aliphatic heterocycles. The summed E-state index contributed by atoms with van der Waals surface area (Å²) >= 11 is 0. The Bertz CT molecular complexity index is 1300. The number of halogens is 3. The van der Waals surface area contributed by atoms with Gasteiger partial charge in [0.15, 0.2) is 11.5 Å². The fourth-order valence-corrected chi connectivity index (χ4v) is 6.76. The van der Waals surface area contributed by atoms with E-state index in [4.69, 9.17) is 18.9 Å². The van der Waals surface area contributed by atoms with Crippen molar-refractivity contribution in [2.75, 3.05) is 64.3 Å². The van der Waals surface area contributed by atoms with E-state index in [-0.39, 0.29) is 30.7 Å². The summed E-state index contributed by atoms with van der Waals surface area (Å²) < 4.78 is 63.7. The first kappa shape index (κ1) is 32.9. The number of amides is 1. The number of ether oxygens (including phenoxy) is 4. The second-order valence-corrected chi connectivity index (χ2v) is 13.0. The van der Waals surface area contributed by atoms with Crippen LogP contribution in [0.15, 0.2) is 42.7 Å². The average Bonchev–Trinajstić information content (AvgIpc) is 3.38. The molecule has 4 atom stereocenters. The van der Waals surface area contributed by atoms with Gasteiger partial charge in [-0.2, -0.15) is 13.2 Å². The number of fused-ring (bicyclic) bond motifs is 1. The summed E-state index contributed by atoms with van der Waals surface area (Å²) in [6, 6.07) is 9.27. The highest BCUT2D eigenvalue weighted by atomic mass is 19.4. The zero-order valence-corrected chi connectivity index (χ0v) is 26.3. The van der Waals surface area contributed by atoms with E-state index in [0.29, 0.717) is 38.4 Å². The number of nitrogens with zero attached hydrogens (tertiary/aromatic N) is 5. The van der Waals surface area contributed by atoms with Crippen LogP contribution >= 0.6 is 0 Å². The zero-order valence-electron chi connectivity index (χ0n) is 26.3. The number of alkyl halides is 3. The molecule has 5 heterocycles. The molecule has 0 bridgehead atoms. The summed E-state index contributed by atoms with van der Waals surface area (Å²) in [5.41, 5.74) is -0.0744. The maximum Gasteiger partial charge on any atom is 0.434 e. The molecule has 0 aliphatic carbocycles. The Morgan fingerprint density at radius 2 is 1.65 bits per heavy atom. The van der Waals surface area contributed by atoms with Crippen molar-refractivity contribution in [3.05, 3.63) is 54.0 Å². The highest BCUT2D eigenvalue weighted by molar-refractivity contribution is 5.67. The molecule has 1 aromatic heterocycles. The van der Waals surface area contributed by atoms with Gasteiger partial charge in [0.25, 0.3) is 0 Å². The van der Waals surface area contributed by atoms with Crippen molar-refractivity contribution < 1.29 is 36.9 Å². The van der Waals surface area contributed by atoms with Gasteiger partial charge in [0.1, 0.15) is 24.6 Å². The molecule has 4 fully saturated rings. The third-order valence-electron chi connectivity index (χ3n) is 9.17. The Kier molecular flexibility index (Phi) is 9.99. The van der Waals surface area contributed by atoms with Crippen LogP contribution in [0.25, 0.3) is 0 Å². The Labute approximate surface area is 267 Å². The van der Waals surface area contributed by atoms with Crippen LogP contribution < -0.4 is 5.32 Å². The van der Waals surface area contributed by atoms with E-state index in [1.165, 1.54) is 6.20 Å². The molecule has 0 unspecified atom stereocenters. The number of carbonyl (C=O) groups is 1. The first-order valence-corrected chi connectivity index (χ1v) is 16.1. The standard InChI is InChI=1S/C32H43F3N6O5/c1-31(2)45-28-24(37-27-17-36-16-26(38-27)32(33,34)35)21-43-25(29(28)46-31)19-40-14-12-39(13-15-40)18-22-8-10-41(11-9-22)30(42)44-20-23-6-4-3-5-7-23/h3-7,16-17,22,24-25,28-29H,8-15,18-21H2,1-2H3,(H,37,38)/t24-,25+,28+,29-/m0/s1. The van der Waals surface area contributed by atoms with Gasteiger partial charge in [0.2, 0.25) is 0 Å². The molecule has 14 heteroatoms. The summed E-state index contributed by atoms with van der Waals surface area (Å²) in [6.07, 6.45) is -1.98. The van der Waals surface area contributed by atoms with Crippen LogP contribution in [0, 0.1) is 5.92 Å². The molecule has 46 heavy (non-hydrogen) atoms. The number of aromatic nitrogens is 2. The second-order valence-electron chi connectivity index (χ2n) is 13.0. The second kappa shape index (κ2) is 14.0. The maximum absolute atomic E-state index is 13.2. The van der Waals surface area contributed by atoms with Crippen LogP contribution in [-0.2, 0) is 31.7 Å². The van der Waals surface area contributed by atoms with Crippen molar-refractivity contribution in [1.29, 1.82) is 0 Å². The van der Waals surface area contributed by atoms with E-state index in [1.807, 2.05) is 49.1 Å². The number of rotatable bonds is 8. The molecular formula is C32H43F3N6O5. The lowest BCUT2D eigenvalue weighted by molar-refractivity contribution is -0.156. The predicted molar refractivity (Wildman–Crippen MR) is 162 cm³/mol. The Hall–Kier alpha value is -3.04. The molecule has 0 radical (unpaired) electrons. The third kappa shape index (κ3) is 8.26. The summed E-state index contributed by atoms with van der Waals surface area (Å²) in [7, 11) is 0. The van der Waals surface area contributed by atoms with Gasteiger partial charge in [-0.15, -0.1) is 0 Å². The summed E-state index contributed by atoms with van der Waals surface area (Å²) in [5, 5.41) is 3.04. The number of nitrogens with one attached hydrogen (secondary N) is 1.